The van der Waals surface area contributed by atoms with E-state index in [-0.39, 0.29) is 18.2 Å². The van der Waals surface area contributed by atoms with Gasteiger partial charge in [-0.3, -0.25) is 9.59 Å². The molecule has 0 aliphatic heterocycles. The molecule has 0 aromatic heterocycles. The summed E-state index contributed by atoms with van der Waals surface area (Å²) in [6.07, 6.45) is 0.269. The second kappa shape index (κ2) is 6.63. The lowest BCUT2D eigenvalue weighted by molar-refractivity contribution is -0.128. The summed E-state index contributed by atoms with van der Waals surface area (Å²) in [4.78, 5) is 24.7. The summed E-state index contributed by atoms with van der Waals surface area (Å²) in [6.45, 7) is 0.294. The first-order valence-corrected chi connectivity index (χ1v) is 5.87. The van der Waals surface area contributed by atoms with Crippen molar-refractivity contribution in [3.05, 3.63) is 23.8 Å². The number of hydrogen-bond acceptors (Lipinski definition) is 4. The smallest absolute Gasteiger partial charge is 0.251 e. The maximum atomic E-state index is 11.8. The van der Waals surface area contributed by atoms with Crippen LogP contribution in [-0.2, 0) is 4.79 Å². The van der Waals surface area contributed by atoms with Crippen molar-refractivity contribution in [2.75, 3.05) is 33.5 Å². The molecule has 0 heterocycles. The Morgan fingerprint density at radius 2 is 2.05 bits per heavy atom. The number of nitrogens with zero attached hydrogens (tertiary/aromatic N) is 1. The first kappa shape index (κ1) is 14.8. The zero-order valence-corrected chi connectivity index (χ0v) is 11.4. The van der Waals surface area contributed by atoms with E-state index in [9.17, 15) is 9.59 Å². The van der Waals surface area contributed by atoms with Gasteiger partial charge >= 0.3 is 0 Å². The summed E-state index contributed by atoms with van der Waals surface area (Å²) in [5.41, 5.74) is 6.59. The topological polar surface area (TPSA) is 84.7 Å². The summed E-state index contributed by atoms with van der Waals surface area (Å²) in [7, 11) is 4.84. The van der Waals surface area contributed by atoms with Crippen LogP contribution in [0.2, 0.25) is 0 Å². The highest BCUT2D eigenvalue weighted by molar-refractivity contribution is 5.95. The van der Waals surface area contributed by atoms with Gasteiger partial charge in [-0.15, -0.1) is 0 Å². The van der Waals surface area contributed by atoms with Gasteiger partial charge < -0.3 is 20.7 Å². The molecule has 0 spiro atoms. The van der Waals surface area contributed by atoms with Gasteiger partial charge in [0.1, 0.15) is 5.75 Å². The van der Waals surface area contributed by atoms with E-state index in [2.05, 4.69) is 5.32 Å². The van der Waals surface area contributed by atoms with Crippen molar-refractivity contribution in [3.63, 3.8) is 0 Å². The maximum Gasteiger partial charge on any atom is 0.251 e. The minimum Gasteiger partial charge on any atom is -0.495 e. The molecule has 0 fully saturated rings. The summed E-state index contributed by atoms with van der Waals surface area (Å²) >= 11 is 0. The molecular formula is C13H19N3O3. The van der Waals surface area contributed by atoms with E-state index in [0.717, 1.165) is 0 Å². The molecule has 19 heavy (non-hydrogen) atoms. The van der Waals surface area contributed by atoms with Gasteiger partial charge in [0, 0.05) is 32.6 Å². The Labute approximate surface area is 112 Å². The lowest BCUT2D eigenvalue weighted by Gasteiger charge is -2.11. The minimum absolute atomic E-state index is 0.0322. The van der Waals surface area contributed by atoms with Crippen molar-refractivity contribution in [2.24, 2.45) is 0 Å². The number of nitrogens with two attached hydrogens (primary N) is 1. The first-order chi connectivity index (χ1) is 8.95. The van der Waals surface area contributed by atoms with Gasteiger partial charge in [-0.05, 0) is 18.2 Å². The van der Waals surface area contributed by atoms with Crippen molar-refractivity contribution in [1.29, 1.82) is 0 Å². The number of benzene rings is 1. The molecule has 1 aromatic rings. The van der Waals surface area contributed by atoms with Gasteiger partial charge in [0.2, 0.25) is 5.91 Å². The highest BCUT2D eigenvalue weighted by Crippen LogP contribution is 2.21. The molecule has 0 atom stereocenters. The van der Waals surface area contributed by atoms with Crippen molar-refractivity contribution >= 4 is 17.5 Å². The van der Waals surface area contributed by atoms with Crippen LogP contribution in [0.1, 0.15) is 16.8 Å². The Bertz CT molecular complexity index is 472. The average molecular weight is 265 g/mol. The average Bonchev–Trinajstić information content (AvgIpc) is 2.38. The lowest BCUT2D eigenvalue weighted by atomic mass is 10.1. The van der Waals surface area contributed by atoms with E-state index in [1.54, 1.807) is 32.3 Å². The van der Waals surface area contributed by atoms with Crippen LogP contribution < -0.4 is 15.8 Å². The second-order valence-electron chi connectivity index (χ2n) is 4.25. The minimum atomic E-state index is -0.259. The van der Waals surface area contributed by atoms with Crippen molar-refractivity contribution in [2.45, 2.75) is 6.42 Å². The number of nitrogen functional groups attached to an aromatic ring is 1. The van der Waals surface area contributed by atoms with Crippen LogP contribution in [0.4, 0.5) is 5.69 Å². The molecule has 0 aliphatic carbocycles. The fourth-order valence-electron chi connectivity index (χ4n) is 1.46. The Morgan fingerprint density at radius 3 is 2.63 bits per heavy atom. The highest BCUT2D eigenvalue weighted by atomic mass is 16.5. The Hall–Kier alpha value is -2.24. The van der Waals surface area contributed by atoms with Crippen LogP contribution in [0.15, 0.2) is 18.2 Å². The second-order valence-corrected chi connectivity index (χ2v) is 4.25. The third kappa shape index (κ3) is 4.17. The van der Waals surface area contributed by atoms with Gasteiger partial charge in [0.05, 0.1) is 12.8 Å². The van der Waals surface area contributed by atoms with Gasteiger partial charge in [0.15, 0.2) is 0 Å². The predicted molar refractivity (Wildman–Crippen MR) is 73.1 cm³/mol. The summed E-state index contributed by atoms with van der Waals surface area (Å²) in [6, 6.07) is 4.79. The van der Waals surface area contributed by atoms with Crippen molar-refractivity contribution in [1.82, 2.24) is 10.2 Å². The molecule has 1 aromatic carbocycles. The zero-order chi connectivity index (χ0) is 14.4. The van der Waals surface area contributed by atoms with Gasteiger partial charge in [-0.25, -0.2) is 0 Å². The molecule has 6 nitrogen and oxygen atoms in total. The van der Waals surface area contributed by atoms with Gasteiger partial charge in [0.25, 0.3) is 5.91 Å². The predicted octanol–water partition coefficient (Wildman–Crippen LogP) is 0.485. The molecule has 3 N–H and O–H groups in total. The van der Waals surface area contributed by atoms with Crippen molar-refractivity contribution in [3.8, 4) is 5.75 Å². The number of rotatable bonds is 5. The maximum absolute atomic E-state index is 11.8. The lowest BCUT2D eigenvalue weighted by Crippen LogP contribution is -2.30. The summed E-state index contributed by atoms with van der Waals surface area (Å²) < 4.78 is 5.04. The Balaban J connectivity index is 2.57. The quantitative estimate of drug-likeness (QED) is 0.759. The molecule has 0 radical (unpaired) electrons. The summed E-state index contributed by atoms with van der Waals surface area (Å²) in [5, 5.41) is 2.67. The standard InChI is InChI=1S/C13H19N3O3/c1-16(2)12(17)6-7-15-13(18)9-4-5-10(14)11(8-9)19-3/h4-5,8H,6-7,14H2,1-3H3,(H,15,18). The fraction of sp³-hybridized carbons (Fsp3) is 0.385. The third-order valence-corrected chi connectivity index (χ3v) is 2.62. The molecule has 0 unspecified atom stereocenters. The molecule has 0 bridgehead atoms. The molecule has 0 aliphatic rings. The normalized spacial score (nSPS) is 9.84. The molecule has 1 rings (SSSR count). The van der Waals surface area contributed by atoms with E-state index in [1.165, 1.54) is 12.0 Å². The number of ether oxygens (including phenoxy) is 1. The van der Waals surface area contributed by atoms with Crippen LogP contribution >= 0.6 is 0 Å². The SMILES string of the molecule is COc1cc(C(=O)NCCC(=O)N(C)C)ccc1N. The zero-order valence-electron chi connectivity index (χ0n) is 11.4. The number of hydrogen-bond donors (Lipinski definition) is 2. The molecule has 2 amide bonds. The molecular weight excluding hydrogens is 246 g/mol. The number of amides is 2. The van der Waals surface area contributed by atoms with Gasteiger partial charge in [-0.1, -0.05) is 0 Å². The molecule has 6 heteroatoms. The number of carbonyl (C=O) groups is 2. The Morgan fingerprint density at radius 1 is 1.37 bits per heavy atom. The summed E-state index contributed by atoms with van der Waals surface area (Å²) in [5.74, 6) is 0.164. The van der Waals surface area contributed by atoms with Crippen molar-refractivity contribution < 1.29 is 14.3 Å². The third-order valence-electron chi connectivity index (χ3n) is 2.62. The highest BCUT2D eigenvalue weighted by Gasteiger charge is 2.10. The molecule has 0 saturated heterocycles. The Kier molecular flexibility index (Phi) is 5.17. The molecule has 104 valence electrons. The van der Waals surface area contributed by atoms with Crippen LogP contribution in [-0.4, -0.2) is 44.5 Å². The van der Waals surface area contributed by atoms with E-state index >= 15 is 0 Å². The number of carbonyl (C=O) groups excluding carboxylic acids is 2. The number of anilines is 1. The van der Waals surface area contributed by atoms with E-state index in [4.69, 9.17) is 10.5 Å². The van der Waals surface area contributed by atoms with E-state index < -0.39 is 0 Å². The van der Waals surface area contributed by atoms with Crippen LogP contribution in [0.25, 0.3) is 0 Å². The molecule has 0 saturated carbocycles. The van der Waals surface area contributed by atoms with Crippen LogP contribution in [0.5, 0.6) is 5.75 Å². The van der Waals surface area contributed by atoms with E-state index in [1.807, 2.05) is 0 Å². The number of methoxy groups -OCH3 is 1. The fourth-order valence-corrected chi connectivity index (χ4v) is 1.46. The van der Waals surface area contributed by atoms with Crippen LogP contribution in [0, 0.1) is 0 Å². The van der Waals surface area contributed by atoms with E-state index in [0.29, 0.717) is 23.5 Å². The largest absolute Gasteiger partial charge is 0.495 e. The van der Waals surface area contributed by atoms with Crippen LogP contribution in [0.3, 0.4) is 0 Å². The first-order valence-electron chi connectivity index (χ1n) is 5.87. The number of nitrogens with one attached hydrogen (secondary N) is 1. The monoisotopic (exact) mass is 265 g/mol. The van der Waals surface area contributed by atoms with Gasteiger partial charge in [-0.2, -0.15) is 0 Å².